The molecule has 1 aliphatic heterocycles. The topological polar surface area (TPSA) is 41.3 Å². The summed E-state index contributed by atoms with van der Waals surface area (Å²) < 4.78 is 2.01. The highest BCUT2D eigenvalue weighted by Crippen LogP contribution is 2.20. The fraction of sp³-hybridized carbons (Fsp3) is 0.769. The first-order valence-corrected chi connectivity index (χ1v) is 6.56. The average molecular weight is 237 g/mol. The van der Waals surface area contributed by atoms with Crippen LogP contribution in [0.1, 0.15) is 38.4 Å². The Bertz CT molecular complexity index is 348. The maximum absolute atomic E-state index is 8.93. The van der Waals surface area contributed by atoms with Crippen LogP contribution in [-0.4, -0.2) is 39.5 Å². The number of rotatable bonds is 5. The molecule has 96 valence electrons. The molecule has 1 aliphatic rings. The van der Waals surface area contributed by atoms with Crippen molar-refractivity contribution in [2.24, 2.45) is 5.92 Å². The molecule has 1 saturated heterocycles. The van der Waals surface area contributed by atoms with Crippen LogP contribution in [0, 0.1) is 5.92 Å². The molecule has 17 heavy (non-hydrogen) atoms. The van der Waals surface area contributed by atoms with Crippen molar-refractivity contribution in [3.8, 4) is 0 Å². The highest BCUT2D eigenvalue weighted by Gasteiger charge is 2.22. The van der Waals surface area contributed by atoms with Crippen LogP contribution in [0.3, 0.4) is 0 Å². The summed E-state index contributed by atoms with van der Waals surface area (Å²) in [6, 6.07) is 2.55. The molecule has 1 N–H and O–H groups in total. The maximum atomic E-state index is 8.93. The molecule has 0 bridgehead atoms. The van der Waals surface area contributed by atoms with Gasteiger partial charge in [0.15, 0.2) is 0 Å². The molecular formula is C13H23N3O. The van der Waals surface area contributed by atoms with E-state index in [0.717, 1.165) is 31.7 Å². The third kappa shape index (κ3) is 3.30. The Balaban J connectivity index is 1.85. The van der Waals surface area contributed by atoms with Crippen LogP contribution in [0.5, 0.6) is 0 Å². The van der Waals surface area contributed by atoms with Crippen molar-refractivity contribution in [2.75, 3.05) is 19.7 Å². The number of aliphatic hydroxyl groups is 1. The molecule has 0 aromatic carbocycles. The van der Waals surface area contributed by atoms with Gasteiger partial charge in [0.2, 0.25) is 0 Å². The fourth-order valence-electron chi connectivity index (χ4n) is 2.45. The van der Waals surface area contributed by atoms with Crippen LogP contribution < -0.4 is 0 Å². The predicted molar refractivity (Wildman–Crippen MR) is 67.7 cm³/mol. The lowest BCUT2D eigenvalue weighted by Crippen LogP contribution is -2.21. The quantitative estimate of drug-likeness (QED) is 0.847. The Hall–Kier alpha value is -0.870. The van der Waals surface area contributed by atoms with Gasteiger partial charge < -0.3 is 5.11 Å². The highest BCUT2D eigenvalue weighted by atomic mass is 16.3. The Morgan fingerprint density at radius 2 is 2.35 bits per heavy atom. The smallest absolute Gasteiger partial charge is 0.0764 e. The fourth-order valence-corrected chi connectivity index (χ4v) is 2.45. The van der Waals surface area contributed by atoms with E-state index in [1.165, 1.54) is 6.42 Å². The van der Waals surface area contributed by atoms with Crippen molar-refractivity contribution in [2.45, 2.75) is 39.3 Å². The number of nitrogens with zero attached hydrogens (tertiary/aromatic N) is 3. The highest BCUT2D eigenvalue weighted by molar-refractivity contribution is 5.00. The molecule has 2 rings (SSSR count). The molecule has 1 unspecified atom stereocenters. The zero-order valence-electron chi connectivity index (χ0n) is 10.8. The summed E-state index contributed by atoms with van der Waals surface area (Å²) in [5.74, 6) is 0.673. The van der Waals surface area contributed by atoms with Gasteiger partial charge in [-0.1, -0.05) is 0 Å². The summed E-state index contributed by atoms with van der Waals surface area (Å²) in [5.41, 5.74) is 1.16. The van der Waals surface area contributed by atoms with Gasteiger partial charge in [0.25, 0.3) is 0 Å². The summed E-state index contributed by atoms with van der Waals surface area (Å²) in [5, 5.41) is 13.5. The van der Waals surface area contributed by atoms with Crippen LogP contribution in [0.25, 0.3) is 0 Å². The van der Waals surface area contributed by atoms with Crippen LogP contribution in [0.4, 0.5) is 0 Å². The molecule has 1 aromatic rings. The van der Waals surface area contributed by atoms with Crippen molar-refractivity contribution in [1.29, 1.82) is 0 Å². The van der Waals surface area contributed by atoms with E-state index in [0.29, 0.717) is 18.6 Å². The Labute approximate surface area is 103 Å². The molecule has 2 heterocycles. The van der Waals surface area contributed by atoms with E-state index in [4.69, 9.17) is 5.11 Å². The molecule has 0 saturated carbocycles. The number of likely N-dealkylation sites (tertiary alicyclic amines) is 1. The van der Waals surface area contributed by atoms with Crippen molar-refractivity contribution >= 4 is 0 Å². The predicted octanol–water partition coefficient (Wildman–Crippen LogP) is 1.67. The Morgan fingerprint density at radius 3 is 3.00 bits per heavy atom. The van der Waals surface area contributed by atoms with Gasteiger partial charge in [0, 0.05) is 31.9 Å². The molecule has 1 atom stereocenters. The van der Waals surface area contributed by atoms with E-state index < -0.39 is 0 Å². The number of aromatic nitrogens is 2. The minimum atomic E-state index is 0.320. The summed E-state index contributed by atoms with van der Waals surface area (Å²) >= 11 is 0. The number of aliphatic hydroxyl groups excluding tert-OH is 1. The van der Waals surface area contributed by atoms with Crippen molar-refractivity contribution in [3.63, 3.8) is 0 Å². The van der Waals surface area contributed by atoms with Crippen LogP contribution >= 0.6 is 0 Å². The van der Waals surface area contributed by atoms with Crippen LogP contribution in [0.15, 0.2) is 12.3 Å². The van der Waals surface area contributed by atoms with Gasteiger partial charge in [-0.15, -0.1) is 0 Å². The minimum absolute atomic E-state index is 0.320. The van der Waals surface area contributed by atoms with Gasteiger partial charge in [-0.3, -0.25) is 9.58 Å². The van der Waals surface area contributed by atoms with E-state index in [2.05, 4.69) is 36.1 Å². The second-order valence-corrected chi connectivity index (χ2v) is 5.28. The second-order valence-electron chi connectivity index (χ2n) is 5.28. The van der Waals surface area contributed by atoms with E-state index in [9.17, 15) is 0 Å². The molecule has 1 fully saturated rings. The summed E-state index contributed by atoms with van der Waals surface area (Å²) in [6.07, 6.45) is 4.21. The SMILES string of the molecule is CC(C)n1ccc(CN2CCC(CCO)C2)n1. The van der Waals surface area contributed by atoms with Gasteiger partial charge in [-0.05, 0) is 45.2 Å². The molecule has 0 radical (unpaired) electrons. The molecule has 0 aliphatic carbocycles. The molecule has 0 spiro atoms. The van der Waals surface area contributed by atoms with Gasteiger partial charge >= 0.3 is 0 Å². The first kappa shape index (κ1) is 12.6. The van der Waals surface area contributed by atoms with E-state index >= 15 is 0 Å². The largest absolute Gasteiger partial charge is 0.396 e. The first-order valence-electron chi connectivity index (χ1n) is 6.56. The Morgan fingerprint density at radius 1 is 1.53 bits per heavy atom. The second kappa shape index (κ2) is 5.65. The van der Waals surface area contributed by atoms with Gasteiger partial charge in [-0.25, -0.2) is 0 Å². The lowest BCUT2D eigenvalue weighted by atomic mass is 10.1. The van der Waals surface area contributed by atoms with Crippen molar-refractivity contribution in [3.05, 3.63) is 18.0 Å². The van der Waals surface area contributed by atoms with E-state index in [1.54, 1.807) is 0 Å². The molecule has 4 heteroatoms. The lowest BCUT2D eigenvalue weighted by Gasteiger charge is -2.14. The number of hydrogen-bond donors (Lipinski definition) is 1. The maximum Gasteiger partial charge on any atom is 0.0764 e. The van der Waals surface area contributed by atoms with E-state index in [1.807, 2.05) is 4.68 Å². The van der Waals surface area contributed by atoms with Crippen molar-refractivity contribution in [1.82, 2.24) is 14.7 Å². The Kier molecular flexibility index (Phi) is 4.18. The normalized spacial score (nSPS) is 21.5. The lowest BCUT2D eigenvalue weighted by molar-refractivity contribution is 0.248. The van der Waals surface area contributed by atoms with Crippen LogP contribution in [-0.2, 0) is 6.54 Å². The molecule has 0 amide bonds. The van der Waals surface area contributed by atoms with Crippen molar-refractivity contribution < 1.29 is 5.11 Å². The monoisotopic (exact) mass is 237 g/mol. The zero-order chi connectivity index (χ0) is 12.3. The molecular weight excluding hydrogens is 214 g/mol. The average Bonchev–Trinajstić information content (AvgIpc) is 2.89. The minimum Gasteiger partial charge on any atom is -0.396 e. The summed E-state index contributed by atoms with van der Waals surface area (Å²) in [6.45, 7) is 7.80. The van der Waals surface area contributed by atoms with Gasteiger partial charge in [0.1, 0.15) is 0 Å². The first-order chi connectivity index (χ1) is 8.19. The standard InChI is InChI=1S/C13H23N3O/c1-11(2)16-7-4-13(14-16)10-15-6-3-12(9-15)5-8-17/h4,7,11-12,17H,3,5-6,8-10H2,1-2H3. The third-order valence-corrected chi connectivity index (χ3v) is 3.49. The van der Waals surface area contributed by atoms with E-state index in [-0.39, 0.29) is 0 Å². The van der Waals surface area contributed by atoms with Crippen LogP contribution in [0.2, 0.25) is 0 Å². The summed E-state index contributed by atoms with van der Waals surface area (Å²) in [7, 11) is 0. The summed E-state index contributed by atoms with van der Waals surface area (Å²) in [4.78, 5) is 2.44. The zero-order valence-corrected chi connectivity index (χ0v) is 10.8. The molecule has 1 aromatic heterocycles. The number of hydrogen-bond acceptors (Lipinski definition) is 3. The van der Waals surface area contributed by atoms with Gasteiger partial charge in [0.05, 0.1) is 5.69 Å². The third-order valence-electron chi connectivity index (χ3n) is 3.49. The molecule has 4 nitrogen and oxygen atoms in total. The van der Waals surface area contributed by atoms with Gasteiger partial charge in [-0.2, -0.15) is 5.10 Å².